The van der Waals surface area contributed by atoms with Crippen LogP contribution >= 0.6 is 11.3 Å². The van der Waals surface area contributed by atoms with E-state index in [4.69, 9.17) is 10.5 Å². The molecular formula is C13H24N4O2S. The van der Waals surface area contributed by atoms with Crippen molar-refractivity contribution in [2.24, 2.45) is 0 Å². The van der Waals surface area contributed by atoms with Crippen molar-refractivity contribution in [3.63, 3.8) is 0 Å². The summed E-state index contributed by atoms with van der Waals surface area (Å²) in [6, 6.07) is 0.0894. The van der Waals surface area contributed by atoms with Crippen LogP contribution < -0.4 is 10.6 Å². The molecule has 1 amide bonds. The second-order valence-electron chi connectivity index (χ2n) is 4.81. The van der Waals surface area contributed by atoms with E-state index in [0.717, 1.165) is 11.7 Å². The van der Waals surface area contributed by atoms with Gasteiger partial charge in [0.15, 0.2) is 5.13 Å². The molecule has 7 heteroatoms. The fraction of sp³-hybridized carbons (Fsp3) is 0.692. The number of hydrogen-bond donors (Lipinski definition) is 1. The van der Waals surface area contributed by atoms with Crippen LogP contribution in [0.3, 0.4) is 0 Å². The molecule has 20 heavy (non-hydrogen) atoms. The lowest BCUT2D eigenvalue weighted by molar-refractivity contribution is 0.0640. The minimum atomic E-state index is -0.0807. The molecule has 0 radical (unpaired) electrons. The van der Waals surface area contributed by atoms with Gasteiger partial charge in [-0.1, -0.05) is 11.3 Å². The van der Waals surface area contributed by atoms with Gasteiger partial charge in [0, 0.05) is 33.3 Å². The lowest BCUT2D eigenvalue weighted by Crippen LogP contribution is -2.39. The van der Waals surface area contributed by atoms with Crippen LogP contribution in [0.1, 0.15) is 30.4 Å². The number of thiazole rings is 1. The van der Waals surface area contributed by atoms with Gasteiger partial charge in [0.25, 0.3) is 5.91 Å². The number of carbonyl (C=O) groups excluding carboxylic acids is 1. The van der Waals surface area contributed by atoms with E-state index < -0.39 is 0 Å². The third kappa shape index (κ3) is 3.83. The Balaban J connectivity index is 2.96. The molecule has 0 saturated carbocycles. The van der Waals surface area contributed by atoms with Gasteiger partial charge in [0.1, 0.15) is 10.7 Å². The molecule has 1 aromatic rings. The summed E-state index contributed by atoms with van der Waals surface area (Å²) in [5.41, 5.74) is 5.90. The molecule has 0 saturated heterocycles. The Bertz CT molecular complexity index is 448. The Hall–Kier alpha value is -1.34. The van der Waals surface area contributed by atoms with Gasteiger partial charge in [-0.05, 0) is 20.8 Å². The number of aromatic nitrogens is 1. The van der Waals surface area contributed by atoms with Crippen LogP contribution in [0.5, 0.6) is 0 Å². The first-order valence-corrected chi connectivity index (χ1v) is 7.51. The highest BCUT2D eigenvalue weighted by atomic mass is 32.1. The highest BCUT2D eigenvalue weighted by Gasteiger charge is 2.24. The summed E-state index contributed by atoms with van der Waals surface area (Å²) in [4.78, 5) is 21.1. The molecule has 0 bridgehead atoms. The molecule has 1 heterocycles. The zero-order chi connectivity index (χ0) is 15.3. The molecule has 0 atom stereocenters. The van der Waals surface area contributed by atoms with Gasteiger partial charge >= 0.3 is 0 Å². The number of anilines is 2. The topological polar surface area (TPSA) is 71.7 Å². The van der Waals surface area contributed by atoms with E-state index in [1.54, 1.807) is 12.0 Å². The summed E-state index contributed by atoms with van der Waals surface area (Å²) < 4.78 is 5.05. The first-order chi connectivity index (χ1) is 9.42. The van der Waals surface area contributed by atoms with Crippen molar-refractivity contribution in [1.29, 1.82) is 0 Å². The van der Waals surface area contributed by atoms with Crippen LogP contribution in [0.15, 0.2) is 0 Å². The van der Waals surface area contributed by atoms with Crippen LogP contribution in [0, 0.1) is 0 Å². The quantitative estimate of drug-likeness (QED) is 0.829. The monoisotopic (exact) mass is 300 g/mol. The van der Waals surface area contributed by atoms with Crippen molar-refractivity contribution < 1.29 is 9.53 Å². The van der Waals surface area contributed by atoms with Gasteiger partial charge in [-0.3, -0.25) is 4.79 Å². The Morgan fingerprint density at radius 3 is 2.65 bits per heavy atom. The van der Waals surface area contributed by atoms with Gasteiger partial charge in [0.05, 0.1) is 6.61 Å². The molecule has 0 aromatic carbocycles. The summed E-state index contributed by atoms with van der Waals surface area (Å²) in [5.74, 6) is 0.223. The molecule has 0 unspecified atom stereocenters. The lowest BCUT2D eigenvalue weighted by atomic mass is 10.3. The lowest BCUT2D eigenvalue weighted by Gasteiger charge is -2.25. The number of ether oxygens (including phenoxy) is 1. The van der Waals surface area contributed by atoms with Gasteiger partial charge in [0.2, 0.25) is 0 Å². The van der Waals surface area contributed by atoms with Crippen LogP contribution in [0.2, 0.25) is 0 Å². The summed E-state index contributed by atoms with van der Waals surface area (Å²) in [6.07, 6.45) is 0. The normalized spacial score (nSPS) is 10.9. The van der Waals surface area contributed by atoms with Crippen LogP contribution in [-0.2, 0) is 4.74 Å². The maximum Gasteiger partial charge on any atom is 0.268 e. The fourth-order valence-corrected chi connectivity index (χ4v) is 2.65. The number of nitrogens with two attached hydrogens (primary N) is 1. The van der Waals surface area contributed by atoms with Crippen LogP contribution in [0.25, 0.3) is 0 Å². The highest BCUT2D eigenvalue weighted by Crippen LogP contribution is 2.28. The minimum absolute atomic E-state index is 0.0807. The average Bonchev–Trinajstić information content (AvgIpc) is 2.79. The van der Waals surface area contributed by atoms with Crippen molar-refractivity contribution in [2.75, 3.05) is 44.5 Å². The van der Waals surface area contributed by atoms with Gasteiger partial charge in [-0.15, -0.1) is 0 Å². The predicted octanol–water partition coefficient (Wildman–Crippen LogP) is 1.68. The van der Waals surface area contributed by atoms with Crippen molar-refractivity contribution in [2.45, 2.75) is 26.8 Å². The summed E-state index contributed by atoms with van der Waals surface area (Å²) in [7, 11) is 3.55. The molecule has 1 rings (SSSR count). The van der Waals surface area contributed by atoms with Crippen molar-refractivity contribution in [3.05, 3.63) is 4.88 Å². The van der Waals surface area contributed by atoms with E-state index >= 15 is 0 Å². The number of nitrogens with zero attached hydrogens (tertiary/aromatic N) is 3. The zero-order valence-electron chi connectivity index (χ0n) is 12.8. The first kappa shape index (κ1) is 16.7. The second-order valence-corrected chi connectivity index (χ2v) is 5.79. The number of nitrogen functional groups attached to an aromatic ring is 1. The summed E-state index contributed by atoms with van der Waals surface area (Å²) in [6.45, 7) is 7.84. The molecule has 0 aliphatic rings. The number of methoxy groups -OCH3 is 1. The molecule has 0 spiro atoms. The van der Waals surface area contributed by atoms with E-state index in [-0.39, 0.29) is 11.9 Å². The van der Waals surface area contributed by atoms with Crippen molar-refractivity contribution >= 4 is 28.2 Å². The van der Waals surface area contributed by atoms with E-state index in [1.165, 1.54) is 11.3 Å². The Labute approximate surface area is 124 Å². The van der Waals surface area contributed by atoms with Gasteiger partial charge in [-0.2, -0.15) is 0 Å². The Morgan fingerprint density at radius 2 is 2.15 bits per heavy atom. The maximum absolute atomic E-state index is 12.6. The van der Waals surface area contributed by atoms with Gasteiger partial charge in [-0.25, -0.2) is 4.98 Å². The second kappa shape index (κ2) is 7.44. The number of hydrogen-bond acceptors (Lipinski definition) is 6. The van der Waals surface area contributed by atoms with Crippen molar-refractivity contribution in [3.8, 4) is 0 Å². The van der Waals surface area contributed by atoms with E-state index in [9.17, 15) is 4.79 Å². The summed E-state index contributed by atoms with van der Waals surface area (Å²) >= 11 is 1.34. The number of amides is 1. The molecule has 114 valence electrons. The van der Waals surface area contributed by atoms with E-state index in [2.05, 4.69) is 4.98 Å². The molecule has 0 aliphatic carbocycles. The molecule has 0 aliphatic heterocycles. The zero-order valence-corrected chi connectivity index (χ0v) is 13.7. The van der Waals surface area contributed by atoms with Crippen LogP contribution in [-0.4, -0.2) is 55.7 Å². The average molecular weight is 300 g/mol. The predicted molar refractivity (Wildman–Crippen MR) is 83.5 cm³/mol. The largest absolute Gasteiger partial charge is 0.383 e. The van der Waals surface area contributed by atoms with Crippen LogP contribution in [0.4, 0.5) is 10.9 Å². The smallest absolute Gasteiger partial charge is 0.268 e. The molecular weight excluding hydrogens is 276 g/mol. The fourth-order valence-electron chi connectivity index (χ4n) is 1.69. The van der Waals surface area contributed by atoms with E-state index in [0.29, 0.717) is 23.8 Å². The summed E-state index contributed by atoms with van der Waals surface area (Å²) in [5, 5.41) is 0.767. The van der Waals surface area contributed by atoms with Crippen molar-refractivity contribution in [1.82, 2.24) is 9.88 Å². The minimum Gasteiger partial charge on any atom is -0.383 e. The third-order valence-corrected chi connectivity index (χ3v) is 4.23. The third-order valence-electron chi connectivity index (χ3n) is 3.06. The molecule has 1 aromatic heterocycles. The molecule has 6 nitrogen and oxygen atoms in total. The number of rotatable bonds is 7. The Morgan fingerprint density at radius 1 is 1.50 bits per heavy atom. The SMILES string of the molecule is CCN(C)c1nc(N)c(C(=O)N(CCOC)C(C)C)s1. The maximum atomic E-state index is 12.6. The molecule has 0 fully saturated rings. The number of carbonyl (C=O) groups is 1. The standard InChI is InChI=1S/C13H24N4O2S/c1-6-16(4)13-15-11(14)10(20-13)12(18)17(9(2)3)7-8-19-5/h9H,6-8,14H2,1-5H3. The Kier molecular flexibility index (Phi) is 6.22. The van der Waals surface area contributed by atoms with E-state index in [1.807, 2.05) is 32.7 Å². The molecule has 2 N–H and O–H groups in total. The first-order valence-electron chi connectivity index (χ1n) is 6.69. The highest BCUT2D eigenvalue weighted by molar-refractivity contribution is 7.18. The van der Waals surface area contributed by atoms with Gasteiger partial charge < -0.3 is 20.3 Å².